The molecule has 3 aromatic carbocycles. The van der Waals surface area contributed by atoms with Crippen LogP contribution in [0.25, 0.3) is 0 Å². The van der Waals surface area contributed by atoms with Crippen LogP contribution in [0, 0.1) is 5.92 Å². The van der Waals surface area contributed by atoms with Gasteiger partial charge in [-0.05, 0) is 61.2 Å². The molecule has 35 heavy (non-hydrogen) atoms. The number of carbonyl (C=O) groups is 2. The molecule has 0 saturated carbocycles. The summed E-state index contributed by atoms with van der Waals surface area (Å²) in [6, 6.07) is 24.5. The van der Waals surface area contributed by atoms with Crippen LogP contribution >= 0.6 is 0 Å². The number of sulfonamides is 1. The van der Waals surface area contributed by atoms with Crippen molar-refractivity contribution < 1.29 is 18.0 Å². The van der Waals surface area contributed by atoms with Crippen molar-refractivity contribution in [3.63, 3.8) is 0 Å². The Morgan fingerprint density at radius 2 is 1.54 bits per heavy atom. The van der Waals surface area contributed by atoms with Crippen LogP contribution in [-0.2, 0) is 21.2 Å². The van der Waals surface area contributed by atoms with E-state index in [4.69, 9.17) is 0 Å². The fraction of sp³-hybridized carbons (Fsp3) is 0.259. The molecule has 182 valence electrons. The molecule has 7 nitrogen and oxygen atoms in total. The zero-order valence-electron chi connectivity index (χ0n) is 19.4. The second-order valence-electron chi connectivity index (χ2n) is 8.61. The maximum atomic E-state index is 13.0. The Morgan fingerprint density at radius 3 is 2.23 bits per heavy atom. The Morgan fingerprint density at radius 1 is 0.886 bits per heavy atom. The third-order valence-corrected chi connectivity index (χ3v) is 7.47. The Bertz CT molecular complexity index is 1250. The highest BCUT2D eigenvalue weighted by Gasteiger charge is 2.28. The van der Waals surface area contributed by atoms with Crippen LogP contribution in [0.1, 0.15) is 28.8 Å². The Kier molecular flexibility index (Phi) is 7.82. The van der Waals surface area contributed by atoms with Gasteiger partial charge in [-0.3, -0.25) is 14.3 Å². The largest absolute Gasteiger partial charge is 0.355 e. The lowest BCUT2D eigenvalue weighted by atomic mass is 9.96. The molecule has 8 heteroatoms. The quantitative estimate of drug-likeness (QED) is 0.502. The molecule has 3 aromatic rings. The van der Waals surface area contributed by atoms with Gasteiger partial charge in [0, 0.05) is 30.9 Å². The summed E-state index contributed by atoms with van der Waals surface area (Å²) in [5.41, 5.74) is 2.00. The first kappa shape index (κ1) is 24.5. The number of nitrogens with one attached hydrogen (secondary N) is 2. The minimum atomic E-state index is -3.70. The van der Waals surface area contributed by atoms with E-state index in [0.717, 1.165) is 19.3 Å². The summed E-state index contributed by atoms with van der Waals surface area (Å²) in [6.45, 7) is 1.53. The summed E-state index contributed by atoms with van der Waals surface area (Å²) in [7, 11) is -3.70. The number of nitrogens with zero attached hydrogens (tertiary/aromatic N) is 1. The molecule has 1 unspecified atom stereocenters. The zero-order chi connectivity index (χ0) is 24.7. The zero-order valence-corrected chi connectivity index (χ0v) is 20.2. The average molecular weight is 492 g/mol. The van der Waals surface area contributed by atoms with Crippen LogP contribution in [0.4, 0.5) is 5.69 Å². The maximum absolute atomic E-state index is 13.0. The van der Waals surface area contributed by atoms with Crippen molar-refractivity contribution >= 4 is 27.5 Å². The van der Waals surface area contributed by atoms with Gasteiger partial charge in [0.15, 0.2) is 0 Å². The molecule has 1 aliphatic rings. The topological polar surface area (TPSA) is 95.6 Å². The average Bonchev–Trinajstić information content (AvgIpc) is 2.90. The predicted octanol–water partition coefficient (Wildman–Crippen LogP) is 3.70. The molecule has 1 atom stereocenters. The molecule has 0 aromatic heterocycles. The van der Waals surface area contributed by atoms with E-state index in [2.05, 4.69) is 10.0 Å². The number of benzene rings is 3. The Hall–Kier alpha value is -3.65. The van der Waals surface area contributed by atoms with Gasteiger partial charge in [0.25, 0.3) is 15.9 Å². The summed E-state index contributed by atoms with van der Waals surface area (Å²) in [5, 5.41) is 3.00. The van der Waals surface area contributed by atoms with Crippen LogP contribution < -0.4 is 10.0 Å². The molecule has 2 amide bonds. The molecule has 4 rings (SSSR count). The van der Waals surface area contributed by atoms with Crippen LogP contribution in [-0.4, -0.2) is 44.8 Å². The second-order valence-corrected chi connectivity index (χ2v) is 10.3. The lowest BCUT2D eigenvalue weighted by Crippen LogP contribution is -2.45. The highest BCUT2D eigenvalue weighted by Crippen LogP contribution is 2.21. The highest BCUT2D eigenvalue weighted by atomic mass is 32.2. The first-order valence-corrected chi connectivity index (χ1v) is 13.2. The summed E-state index contributed by atoms with van der Waals surface area (Å²) < 4.78 is 27.5. The maximum Gasteiger partial charge on any atom is 0.261 e. The molecule has 0 aliphatic carbocycles. The lowest BCUT2D eigenvalue weighted by molar-refractivity contribution is -0.126. The van der Waals surface area contributed by atoms with Crippen molar-refractivity contribution in [2.75, 3.05) is 24.4 Å². The first-order valence-electron chi connectivity index (χ1n) is 11.7. The minimum absolute atomic E-state index is 0.0240. The van der Waals surface area contributed by atoms with E-state index in [1.807, 2.05) is 30.3 Å². The van der Waals surface area contributed by atoms with Crippen LogP contribution in [0.5, 0.6) is 0 Å². The van der Waals surface area contributed by atoms with E-state index in [9.17, 15) is 18.0 Å². The van der Waals surface area contributed by atoms with E-state index in [0.29, 0.717) is 30.9 Å². The number of carbonyl (C=O) groups excluding carboxylic acids is 2. The molecule has 1 saturated heterocycles. The summed E-state index contributed by atoms with van der Waals surface area (Å²) in [5.74, 6) is -0.422. The smallest absolute Gasteiger partial charge is 0.261 e. The number of amides is 2. The number of anilines is 1. The van der Waals surface area contributed by atoms with Gasteiger partial charge in [-0.2, -0.15) is 0 Å². The normalized spacial score (nSPS) is 15.9. The summed E-state index contributed by atoms with van der Waals surface area (Å²) >= 11 is 0. The van der Waals surface area contributed by atoms with Gasteiger partial charge in [0.05, 0.1) is 10.8 Å². The molecular weight excluding hydrogens is 462 g/mol. The van der Waals surface area contributed by atoms with E-state index in [1.54, 1.807) is 47.4 Å². The van der Waals surface area contributed by atoms with E-state index in [1.165, 1.54) is 17.7 Å². The van der Waals surface area contributed by atoms with Gasteiger partial charge in [-0.25, -0.2) is 8.42 Å². The van der Waals surface area contributed by atoms with Gasteiger partial charge >= 0.3 is 0 Å². The third kappa shape index (κ3) is 6.48. The van der Waals surface area contributed by atoms with Crippen molar-refractivity contribution in [3.8, 4) is 0 Å². The highest BCUT2D eigenvalue weighted by molar-refractivity contribution is 7.92. The van der Waals surface area contributed by atoms with Crippen LogP contribution in [0.15, 0.2) is 89.8 Å². The summed E-state index contributed by atoms with van der Waals surface area (Å²) in [6.07, 6.45) is 2.28. The van der Waals surface area contributed by atoms with Crippen molar-refractivity contribution in [1.29, 1.82) is 0 Å². The van der Waals surface area contributed by atoms with Crippen molar-refractivity contribution in [2.45, 2.75) is 24.2 Å². The molecule has 0 bridgehead atoms. The monoisotopic (exact) mass is 491 g/mol. The van der Waals surface area contributed by atoms with E-state index < -0.39 is 10.0 Å². The fourth-order valence-corrected chi connectivity index (χ4v) is 5.25. The molecule has 1 heterocycles. The molecule has 2 N–H and O–H groups in total. The van der Waals surface area contributed by atoms with Gasteiger partial charge in [-0.15, -0.1) is 0 Å². The SMILES string of the molecule is O=C(NCCc1ccccc1)C1CCCN(C(=O)c2ccc(NS(=O)(=O)c3ccccc3)cc2)C1. The number of hydrogen-bond acceptors (Lipinski definition) is 4. The van der Waals surface area contributed by atoms with Crippen molar-refractivity contribution in [1.82, 2.24) is 10.2 Å². The lowest BCUT2D eigenvalue weighted by Gasteiger charge is -2.32. The molecule has 1 fully saturated rings. The van der Waals surface area contributed by atoms with Crippen molar-refractivity contribution in [3.05, 3.63) is 96.1 Å². The van der Waals surface area contributed by atoms with Crippen LogP contribution in [0.2, 0.25) is 0 Å². The van der Waals surface area contributed by atoms with Gasteiger partial charge in [0.2, 0.25) is 5.91 Å². The molecule has 1 aliphatic heterocycles. The summed E-state index contributed by atoms with van der Waals surface area (Å²) in [4.78, 5) is 27.6. The fourth-order valence-electron chi connectivity index (χ4n) is 4.17. The standard InChI is InChI=1S/C27H29N3O4S/c31-26(28-18-17-21-8-3-1-4-9-21)23-10-7-19-30(20-23)27(32)22-13-15-24(16-14-22)29-35(33,34)25-11-5-2-6-12-25/h1-6,8-9,11-16,23,29H,7,10,17-20H2,(H,28,31). The predicted molar refractivity (Wildman–Crippen MR) is 135 cm³/mol. The number of hydrogen-bond donors (Lipinski definition) is 2. The van der Waals surface area contributed by atoms with Gasteiger partial charge in [-0.1, -0.05) is 48.5 Å². The van der Waals surface area contributed by atoms with Gasteiger partial charge < -0.3 is 10.2 Å². The number of rotatable bonds is 8. The minimum Gasteiger partial charge on any atom is -0.355 e. The Balaban J connectivity index is 1.31. The van der Waals surface area contributed by atoms with E-state index in [-0.39, 0.29) is 22.6 Å². The molecule has 0 spiro atoms. The van der Waals surface area contributed by atoms with Crippen molar-refractivity contribution in [2.24, 2.45) is 5.92 Å². The number of likely N-dealkylation sites (tertiary alicyclic amines) is 1. The number of piperidine rings is 1. The first-order chi connectivity index (χ1) is 16.9. The second kappa shape index (κ2) is 11.2. The van der Waals surface area contributed by atoms with Crippen LogP contribution in [0.3, 0.4) is 0 Å². The third-order valence-electron chi connectivity index (χ3n) is 6.07. The molecular formula is C27H29N3O4S. The van der Waals surface area contributed by atoms with E-state index >= 15 is 0 Å². The van der Waals surface area contributed by atoms with Gasteiger partial charge in [0.1, 0.15) is 0 Å². The Labute approximate surface area is 206 Å². The molecule has 0 radical (unpaired) electrons.